The summed E-state index contributed by atoms with van der Waals surface area (Å²) in [6.45, 7) is 2.64. The number of para-hydroxylation sites is 2. The standard InChI is InChI=1S/C73H83N13O16S3/c1-39-21-61(88)46-27-62(89)42(23-44-31-76-51-16-8-6-14-49(44)51)25-63(90)54(29-47-13-10-20-75-47)81-69(98)55(22-41-11-4-3-5-12-41)83-71(100)57(30-48-33-74-37-78-48)84-72(101)59-36-103-38-86(59)73(102)58(35-105-104-34-46)85-70(99)56(24-45-32-77-52-17-9-7-15-50(45)52)82-66(95)40(2)79-68(97)53(18-19-64(91)92)80-67(96)43(26-60(39)87)28-65(93)94/h3-9,11-17,20,31-33,37,39-40,42-43,46,53-59,76-77H,10,18-19,21-30,34-36,38H2,1-2H3,(H,74,78)(H,79,97)(H,80,96)(H,81,98)(H,82,95)(H,83,100)(H,84,101)(H,85,99)(H,91,92)(H,93,94)/t39-,40+,42-,43+,46+,53+,54+,55-,56+,57+,58+,59+/m1/s1. The molecule has 0 spiro atoms. The summed E-state index contributed by atoms with van der Waals surface area (Å²) in [6.07, 6.45) is 4.68. The second kappa shape index (κ2) is 36.5. The van der Waals surface area contributed by atoms with E-state index in [1.54, 1.807) is 85.3 Å². The SMILES string of the molecule is C[C@@H]1CC(=O)[C@@H]2CSSC[C@H](NC(=O)[C@H](Cc3c[nH]c4ccccc34)NC(=O)[C@H](C)NC(=O)[C@H](CCC(=O)O)NC(=O)[C@H](CC(=O)O)CC1=O)C(=O)N1CSC[C@H]1C(=O)N[C@@H](Cc1c[nH]cn1)C(=O)N[C@H](Cc1ccccc1)C(=O)N[C@@H](CC1=CCC=N1)C(=O)C[C@@H](Cc1c[nH]c3ccccc13)C(=O)C2. The molecule has 0 radical (unpaired) electrons. The third kappa shape index (κ3) is 21.0. The highest BCUT2D eigenvalue weighted by Crippen LogP contribution is 2.33. The number of hydrogen-bond donors (Lipinski definition) is 12. The van der Waals surface area contributed by atoms with Crippen molar-refractivity contribution in [2.45, 2.75) is 146 Å². The van der Waals surface area contributed by atoms with Crippen molar-refractivity contribution in [1.82, 2.24) is 62.1 Å². The fraction of sp³-hybridized carbons (Fsp3) is 0.425. The quantitative estimate of drug-likeness (QED) is 0.0651. The van der Waals surface area contributed by atoms with Crippen molar-refractivity contribution in [3.05, 3.63) is 138 Å². The minimum atomic E-state index is -1.73. The Bertz CT molecular complexity index is 4310. The fourth-order valence-electron chi connectivity index (χ4n) is 13.1. The summed E-state index contributed by atoms with van der Waals surface area (Å²) in [5.41, 5.74) is 3.94. The molecule has 10 rings (SSSR count). The number of ketones is 4. The summed E-state index contributed by atoms with van der Waals surface area (Å²) in [5, 5.41) is 40.1. The Morgan fingerprint density at radius 3 is 1.80 bits per heavy atom. The number of carbonyl (C=O) groups excluding carboxylic acids is 12. The van der Waals surface area contributed by atoms with Crippen LogP contribution in [0.2, 0.25) is 0 Å². The van der Waals surface area contributed by atoms with E-state index >= 15 is 38.4 Å². The van der Waals surface area contributed by atoms with Gasteiger partial charge in [0.2, 0.25) is 47.3 Å². The molecule has 2 bridgehead atoms. The van der Waals surface area contributed by atoms with Gasteiger partial charge in [0, 0.05) is 152 Å². The van der Waals surface area contributed by atoms with Crippen LogP contribution in [-0.2, 0) is 92.8 Å². The molecule has 554 valence electrons. The van der Waals surface area contributed by atoms with Crippen LogP contribution in [0.3, 0.4) is 0 Å². The Balaban J connectivity index is 1.08. The highest BCUT2D eigenvalue weighted by molar-refractivity contribution is 8.76. The first-order valence-electron chi connectivity index (χ1n) is 34.6. The molecule has 12 atom stereocenters. The van der Waals surface area contributed by atoms with Gasteiger partial charge in [-0.3, -0.25) is 72.1 Å². The summed E-state index contributed by atoms with van der Waals surface area (Å²) in [4.78, 5) is 223. The van der Waals surface area contributed by atoms with Crippen LogP contribution < -0.4 is 37.2 Å². The Kier molecular flexibility index (Phi) is 26.9. The molecule has 4 aliphatic heterocycles. The lowest BCUT2D eigenvalue weighted by molar-refractivity contribution is -0.143. The number of nitrogens with zero attached hydrogens (tertiary/aromatic N) is 3. The topological polar surface area (TPSA) is 440 Å². The van der Waals surface area contributed by atoms with Crippen LogP contribution in [0.15, 0.2) is 121 Å². The number of aliphatic carboxylic acids is 2. The molecule has 29 nitrogen and oxygen atoms in total. The summed E-state index contributed by atoms with van der Waals surface area (Å²) < 4.78 is 0. The molecular weight excluding hydrogens is 1410 g/mol. The van der Waals surface area contributed by atoms with Gasteiger partial charge in [0.15, 0.2) is 5.78 Å². The Morgan fingerprint density at radius 1 is 0.533 bits per heavy atom. The van der Waals surface area contributed by atoms with Crippen LogP contribution >= 0.6 is 33.3 Å². The third-order valence-corrected chi connectivity index (χ3v) is 22.5. The summed E-state index contributed by atoms with van der Waals surface area (Å²) >= 11 is 1.20. The molecule has 105 heavy (non-hydrogen) atoms. The van der Waals surface area contributed by atoms with E-state index in [-0.39, 0.29) is 55.2 Å². The van der Waals surface area contributed by atoms with E-state index in [0.717, 1.165) is 32.5 Å². The maximum atomic E-state index is 15.6. The molecule has 0 saturated carbocycles. The summed E-state index contributed by atoms with van der Waals surface area (Å²) in [6, 6.07) is 11.2. The number of fused-ring (bicyclic) bond motifs is 8. The van der Waals surface area contributed by atoms with Gasteiger partial charge in [-0.2, -0.15) is 0 Å². The number of amides is 8. The van der Waals surface area contributed by atoms with E-state index in [2.05, 4.69) is 62.1 Å². The van der Waals surface area contributed by atoms with Crippen molar-refractivity contribution < 1.29 is 77.3 Å². The van der Waals surface area contributed by atoms with Gasteiger partial charge >= 0.3 is 11.9 Å². The van der Waals surface area contributed by atoms with E-state index in [1.807, 2.05) is 18.2 Å². The Labute approximate surface area is 615 Å². The molecule has 8 amide bonds. The van der Waals surface area contributed by atoms with Crippen LogP contribution in [0.5, 0.6) is 0 Å². The number of thioether (sulfide) groups is 1. The number of benzene rings is 3. The number of rotatable bonds is 15. The van der Waals surface area contributed by atoms with E-state index in [4.69, 9.17) is 0 Å². The number of imidazole rings is 1. The minimum absolute atomic E-state index is 0.00419. The van der Waals surface area contributed by atoms with Crippen molar-refractivity contribution in [2.75, 3.05) is 23.1 Å². The number of aromatic nitrogens is 4. The Morgan fingerprint density at radius 2 is 1.13 bits per heavy atom. The molecule has 0 unspecified atom stereocenters. The lowest BCUT2D eigenvalue weighted by Gasteiger charge is -2.30. The first-order chi connectivity index (χ1) is 50.4. The maximum Gasteiger partial charge on any atom is 0.304 e. The van der Waals surface area contributed by atoms with Gasteiger partial charge in [0.05, 0.1) is 36.3 Å². The number of aromatic amines is 3. The first kappa shape index (κ1) is 77.4. The van der Waals surface area contributed by atoms with Gasteiger partial charge < -0.3 is 67.3 Å². The molecule has 3 fully saturated rings. The number of carboxylic acids is 2. The average molecular weight is 1490 g/mol. The van der Waals surface area contributed by atoms with E-state index in [0.29, 0.717) is 45.4 Å². The molecule has 32 heteroatoms. The maximum absolute atomic E-state index is 15.6. The minimum Gasteiger partial charge on any atom is -0.481 e. The molecular formula is C73H83N13O16S3. The zero-order valence-electron chi connectivity index (χ0n) is 57.6. The normalized spacial score (nSPS) is 26.0. The predicted molar refractivity (Wildman–Crippen MR) is 392 cm³/mol. The average Bonchev–Trinajstić information content (AvgIpc) is 1.73. The highest BCUT2D eigenvalue weighted by atomic mass is 33.1. The number of Topliss-reactive ketones (excluding diaryl/α,β-unsaturated/α-hetero) is 4. The number of aliphatic imine (C=N–C) groups is 1. The van der Waals surface area contributed by atoms with Crippen LogP contribution in [-0.4, -0.2) is 195 Å². The van der Waals surface area contributed by atoms with Crippen molar-refractivity contribution in [2.24, 2.45) is 28.7 Å². The van der Waals surface area contributed by atoms with Gasteiger partial charge in [-0.1, -0.05) is 101 Å². The monoisotopic (exact) mass is 1490 g/mol. The number of nitrogens with one attached hydrogen (secondary N) is 10. The highest BCUT2D eigenvalue weighted by Gasteiger charge is 2.43. The zero-order chi connectivity index (χ0) is 74.8. The molecule has 3 aromatic carbocycles. The molecule has 12 N–H and O–H groups in total. The number of hydrogen-bond acceptors (Lipinski definition) is 19. The van der Waals surface area contributed by atoms with Crippen molar-refractivity contribution in [1.29, 1.82) is 0 Å². The lowest BCUT2D eigenvalue weighted by Crippen LogP contribution is -2.61. The lowest BCUT2D eigenvalue weighted by atomic mass is 9.82. The molecule has 4 aliphatic rings. The van der Waals surface area contributed by atoms with Crippen LogP contribution in [0.25, 0.3) is 21.8 Å². The smallest absolute Gasteiger partial charge is 0.304 e. The molecule has 3 aromatic heterocycles. The van der Waals surface area contributed by atoms with Gasteiger partial charge in [-0.25, -0.2) is 4.98 Å². The van der Waals surface area contributed by atoms with E-state index in [1.165, 1.54) is 43.0 Å². The zero-order valence-corrected chi connectivity index (χ0v) is 60.0. The number of allylic oxidation sites excluding steroid dienone is 1. The van der Waals surface area contributed by atoms with Crippen LogP contribution in [0.4, 0.5) is 0 Å². The van der Waals surface area contributed by atoms with Gasteiger partial charge in [-0.15, -0.1) is 11.8 Å². The van der Waals surface area contributed by atoms with Crippen LogP contribution in [0, 0.1) is 23.7 Å². The second-order valence-corrected chi connectivity index (χ2v) is 30.3. The third-order valence-electron chi connectivity index (χ3n) is 19.0. The Hall–Kier alpha value is -10.2. The molecule has 0 aliphatic carbocycles. The van der Waals surface area contributed by atoms with Gasteiger partial charge in [0.1, 0.15) is 59.6 Å². The number of H-pyrrole nitrogens is 3. The molecule has 6 aromatic rings. The predicted octanol–water partition coefficient (Wildman–Crippen LogP) is 3.78. The number of carboxylic acid groups (broad SMARTS) is 2. The summed E-state index contributed by atoms with van der Waals surface area (Å²) in [7, 11) is 2.04. The van der Waals surface area contributed by atoms with E-state index < -0.39 is 199 Å². The number of carbonyl (C=O) groups is 14. The van der Waals surface area contributed by atoms with Gasteiger partial charge in [-0.05, 0) is 48.6 Å². The molecule has 3 saturated heterocycles. The molecule has 7 heterocycles. The van der Waals surface area contributed by atoms with Crippen LogP contribution in [0.1, 0.15) is 94.0 Å². The summed E-state index contributed by atoms with van der Waals surface area (Å²) in [5.74, 6) is -18.8. The van der Waals surface area contributed by atoms with Crippen molar-refractivity contribution in [3.8, 4) is 0 Å². The second-order valence-electron chi connectivity index (χ2n) is 26.7. The van der Waals surface area contributed by atoms with E-state index in [9.17, 15) is 39.0 Å². The van der Waals surface area contributed by atoms with Crippen molar-refractivity contribution >= 4 is 144 Å². The fourth-order valence-corrected chi connectivity index (χ4v) is 16.8. The van der Waals surface area contributed by atoms with Crippen molar-refractivity contribution in [3.63, 3.8) is 0 Å². The van der Waals surface area contributed by atoms with Gasteiger partial charge in [0.25, 0.3) is 0 Å². The largest absolute Gasteiger partial charge is 0.481 e. The first-order valence-corrected chi connectivity index (χ1v) is 38.2.